The van der Waals surface area contributed by atoms with E-state index in [0.717, 1.165) is 10.2 Å². The Morgan fingerprint density at radius 2 is 2.35 bits per heavy atom. The zero-order chi connectivity index (χ0) is 11.8. The van der Waals surface area contributed by atoms with Crippen molar-refractivity contribution in [2.24, 2.45) is 5.92 Å². The number of thiazole rings is 1. The maximum Gasteiger partial charge on any atom is 0.233 e. The van der Waals surface area contributed by atoms with Gasteiger partial charge in [-0.25, -0.2) is 4.98 Å². The van der Waals surface area contributed by atoms with Crippen molar-refractivity contribution in [3.05, 3.63) is 23.2 Å². The number of fused-ring (bicyclic) bond motifs is 1. The Hall–Kier alpha value is -1.17. The van der Waals surface area contributed by atoms with E-state index in [2.05, 4.69) is 10.3 Å². The Bertz CT molecular complexity index is 580. The summed E-state index contributed by atoms with van der Waals surface area (Å²) in [7, 11) is 0. The topological polar surface area (TPSA) is 51.2 Å². The lowest BCUT2D eigenvalue weighted by Gasteiger charge is -2.23. The second-order valence-electron chi connectivity index (χ2n) is 3.85. The number of carbonyl (C=O) groups is 1. The first-order valence-corrected chi connectivity index (χ1v) is 6.36. The van der Waals surface area contributed by atoms with E-state index in [0.29, 0.717) is 23.4 Å². The molecule has 0 saturated carbocycles. The van der Waals surface area contributed by atoms with Crippen LogP contribution in [-0.4, -0.2) is 24.1 Å². The van der Waals surface area contributed by atoms with Crippen molar-refractivity contribution in [3.63, 3.8) is 0 Å². The monoisotopic (exact) mass is 268 g/mol. The largest absolute Gasteiger partial charge is 0.380 e. The van der Waals surface area contributed by atoms with Crippen LogP contribution >= 0.6 is 22.9 Å². The quantitative estimate of drug-likeness (QED) is 0.911. The Morgan fingerprint density at radius 1 is 1.53 bits per heavy atom. The third kappa shape index (κ3) is 2.13. The average Bonchev–Trinajstić information content (AvgIpc) is 2.55. The van der Waals surface area contributed by atoms with Gasteiger partial charge >= 0.3 is 0 Å². The molecule has 4 nitrogen and oxygen atoms in total. The summed E-state index contributed by atoms with van der Waals surface area (Å²) in [6.45, 7) is 1.01. The predicted octanol–water partition coefficient (Wildman–Crippen LogP) is 2.53. The zero-order valence-corrected chi connectivity index (χ0v) is 10.3. The van der Waals surface area contributed by atoms with Crippen LogP contribution in [0.1, 0.15) is 0 Å². The molecule has 0 bridgehead atoms. The molecule has 1 N–H and O–H groups in total. The van der Waals surface area contributed by atoms with Crippen molar-refractivity contribution in [3.8, 4) is 0 Å². The molecule has 1 aromatic carbocycles. The SMILES string of the molecule is O=C(Nc1nc2ccc(Cl)cc2s1)C1COC1. The molecule has 0 aliphatic carbocycles. The van der Waals surface area contributed by atoms with E-state index in [1.165, 1.54) is 11.3 Å². The minimum Gasteiger partial charge on any atom is -0.380 e. The molecule has 0 spiro atoms. The van der Waals surface area contributed by atoms with Crippen molar-refractivity contribution < 1.29 is 9.53 Å². The normalized spacial score (nSPS) is 15.8. The molecule has 1 aliphatic rings. The summed E-state index contributed by atoms with van der Waals surface area (Å²) < 4.78 is 5.94. The van der Waals surface area contributed by atoms with Crippen LogP contribution in [0.25, 0.3) is 10.2 Å². The van der Waals surface area contributed by atoms with Gasteiger partial charge in [-0.2, -0.15) is 0 Å². The lowest BCUT2D eigenvalue weighted by molar-refractivity contribution is -0.133. The van der Waals surface area contributed by atoms with Crippen molar-refractivity contribution in [1.29, 1.82) is 0 Å². The number of amides is 1. The highest BCUT2D eigenvalue weighted by molar-refractivity contribution is 7.22. The predicted molar refractivity (Wildman–Crippen MR) is 67.6 cm³/mol. The fourth-order valence-corrected chi connectivity index (χ4v) is 2.69. The maximum atomic E-state index is 11.7. The molecule has 3 rings (SSSR count). The van der Waals surface area contributed by atoms with Crippen LogP contribution in [-0.2, 0) is 9.53 Å². The molecule has 1 aromatic heterocycles. The Kier molecular flexibility index (Phi) is 2.74. The van der Waals surface area contributed by atoms with E-state index >= 15 is 0 Å². The Labute approximate surface area is 107 Å². The molecule has 2 aromatic rings. The number of aromatic nitrogens is 1. The van der Waals surface area contributed by atoms with Crippen LogP contribution in [0.5, 0.6) is 0 Å². The van der Waals surface area contributed by atoms with Gasteiger partial charge in [0.15, 0.2) is 5.13 Å². The van der Waals surface area contributed by atoms with E-state index in [1.54, 1.807) is 6.07 Å². The van der Waals surface area contributed by atoms with Crippen LogP contribution in [0.4, 0.5) is 5.13 Å². The van der Waals surface area contributed by atoms with Gasteiger partial charge in [0.2, 0.25) is 5.91 Å². The van der Waals surface area contributed by atoms with E-state index in [-0.39, 0.29) is 11.8 Å². The van der Waals surface area contributed by atoms with E-state index in [1.807, 2.05) is 12.1 Å². The van der Waals surface area contributed by atoms with Crippen molar-refractivity contribution >= 4 is 44.2 Å². The molecular formula is C11H9ClN2O2S. The van der Waals surface area contributed by atoms with Crippen LogP contribution in [0.3, 0.4) is 0 Å². The molecule has 0 unspecified atom stereocenters. The number of ether oxygens (including phenoxy) is 1. The summed E-state index contributed by atoms with van der Waals surface area (Å²) in [4.78, 5) is 16.0. The number of rotatable bonds is 2. The van der Waals surface area contributed by atoms with Gasteiger partial charge in [0, 0.05) is 5.02 Å². The molecule has 6 heteroatoms. The van der Waals surface area contributed by atoms with E-state index in [9.17, 15) is 4.79 Å². The second-order valence-corrected chi connectivity index (χ2v) is 5.32. The summed E-state index contributed by atoms with van der Waals surface area (Å²) in [6, 6.07) is 5.47. The molecule has 1 aliphatic heterocycles. The Balaban J connectivity index is 1.83. The van der Waals surface area contributed by atoms with Crippen LogP contribution in [0.2, 0.25) is 5.02 Å². The fraction of sp³-hybridized carbons (Fsp3) is 0.273. The molecule has 1 saturated heterocycles. The first kappa shape index (κ1) is 11.0. The maximum absolute atomic E-state index is 11.7. The van der Waals surface area contributed by atoms with Gasteiger partial charge < -0.3 is 10.1 Å². The number of hydrogen-bond donors (Lipinski definition) is 1. The van der Waals surface area contributed by atoms with Gasteiger partial charge in [0.05, 0.1) is 29.3 Å². The number of benzene rings is 1. The fourth-order valence-electron chi connectivity index (χ4n) is 1.55. The highest BCUT2D eigenvalue weighted by atomic mass is 35.5. The summed E-state index contributed by atoms with van der Waals surface area (Å²) in [5.41, 5.74) is 0.847. The van der Waals surface area contributed by atoms with Gasteiger partial charge in [-0.05, 0) is 18.2 Å². The number of carbonyl (C=O) groups excluding carboxylic acids is 1. The van der Waals surface area contributed by atoms with Crippen LogP contribution < -0.4 is 5.32 Å². The van der Waals surface area contributed by atoms with Gasteiger partial charge in [0.1, 0.15) is 0 Å². The number of hydrogen-bond acceptors (Lipinski definition) is 4. The highest BCUT2D eigenvalue weighted by Crippen LogP contribution is 2.28. The highest BCUT2D eigenvalue weighted by Gasteiger charge is 2.27. The first-order valence-electron chi connectivity index (χ1n) is 5.17. The summed E-state index contributed by atoms with van der Waals surface area (Å²) in [6.07, 6.45) is 0. The Morgan fingerprint density at radius 3 is 3.06 bits per heavy atom. The third-order valence-electron chi connectivity index (χ3n) is 2.59. The van der Waals surface area contributed by atoms with Crippen molar-refractivity contribution in [1.82, 2.24) is 4.98 Å². The van der Waals surface area contributed by atoms with Gasteiger partial charge in [0.25, 0.3) is 0 Å². The molecule has 2 heterocycles. The molecule has 1 fully saturated rings. The van der Waals surface area contributed by atoms with Crippen LogP contribution in [0.15, 0.2) is 18.2 Å². The van der Waals surface area contributed by atoms with E-state index < -0.39 is 0 Å². The average molecular weight is 269 g/mol. The number of halogens is 1. The lowest BCUT2D eigenvalue weighted by Crippen LogP contribution is -2.38. The van der Waals surface area contributed by atoms with Gasteiger partial charge in [-0.15, -0.1) is 0 Å². The smallest absolute Gasteiger partial charge is 0.233 e. The van der Waals surface area contributed by atoms with Gasteiger partial charge in [-0.1, -0.05) is 22.9 Å². The molecular weight excluding hydrogens is 260 g/mol. The van der Waals surface area contributed by atoms with Gasteiger partial charge in [-0.3, -0.25) is 4.79 Å². The zero-order valence-electron chi connectivity index (χ0n) is 8.77. The first-order chi connectivity index (χ1) is 8.22. The lowest BCUT2D eigenvalue weighted by atomic mass is 10.1. The molecule has 17 heavy (non-hydrogen) atoms. The standard InChI is InChI=1S/C11H9ClN2O2S/c12-7-1-2-8-9(3-7)17-11(13-8)14-10(15)6-4-16-5-6/h1-3,6H,4-5H2,(H,13,14,15). The molecule has 0 atom stereocenters. The second kappa shape index (κ2) is 4.25. The van der Waals surface area contributed by atoms with Crippen molar-refractivity contribution in [2.75, 3.05) is 18.5 Å². The molecule has 1 amide bonds. The van der Waals surface area contributed by atoms with E-state index in [4.69, 9.17) is 16.3 Å². The number of anilines is 1. The molecule has 88 valence electrons. The number of nitrogens with one attached hydrogen (secondary N) is 1. The summed E-state index contributed by atoms with van der Waals surface area (Å²) in [5, 5.41) is 4.08. The number of nitrogens with zero attached hydrogens (tertiary/aromatic N) is 1. The van der Waals surface area contributed by atoms with Crippen LogP contribution in [0, 0.1) is 5.92 Å². The summed E-state index contributed by atoms with van der Waals surface area (Å²) in [5.74, 6) is -0.0630. The third-order valence-corrected chi connectivity index (χ3v) is 3.76. The molecule has 0 radical (unpaired) electrons. The summed E-state index contributed by atoms with van der Waals surface area (Å²) >= 11 is 7.31. The van der Waals surface area contributed by atoms with Crippen molar-refractivity contribution in [2.45, 2.75) is 0 Å². The minimum absolute atomic E-state index is 0.0265. The minimum atomic E-state index is -0.0365.